The number of aromatic carboxylic acids is 1. The first-order valence-corrected chi connectivity index (χ1v) is 3.45. The van der Waals surface area contributed by atoms with Crippen molar-refractivity contribution in [1.82, 2.24) is 20.2 Å². The molecule has 2 heterocycles. The van der Waals surface area contributed by atoms with E-state index in [4.69, 9.17) is 5.11 Å². The van der Waals surface area contributed by atoms with Gasteiger partial charge in [0, 0.05) is 18.6 Å². The van der Waals surface area contributed by atoms with Crippen LogP contribution in [0.2, 0.25) is 0 Å². The zero-order valence-electron chi connectivity index (χ0n) is 6.38. The van der Waals surface area contributed by atoms with Gasteiger partial charge in [-0.2, -0.15) is 0 Å². The van der Waals surface area contributed by atoms with Gasteiger partial charge in [-0.3, -0.25) is 4.98 Å². The van der Waals surface area contributed by atoms with Crippen LogP contribution in [0.3, 0.4) is 0 Å². The van der Waals surface area contributed by atoms with Crippen LogP contribution in [0.1, 0.15) is 10.5 Å². The fourth-order valence-corrected chi connectivity index (χ4v) is 0.943. The predicted molar refractivity (Wildman–Crippen MR) is 41.2 cm³/mol. The van der Waals surface area contributed by atoms with Crippen LogP contribution in [0.15, 0.2) is 18.6 Å². The van der Waals surface area contributed by atoms with E-state index in [1.807, 2.05) is 0 Å². The lowest BCUT2D eigenvalue weighted by atomic mass is 10.2. The molecule has 2 aliphatic rings. The molecule has 0 saturated heterocycles. The van der Waals surface area contributed by atoms with Gasteiger partial charge in [-0.05, 0) is 0 Å². The van der Waals surface area contributed by atoms with Crippen molar-refractivity contribution in [2.75, 3.05) is 0 Å². The van der Waals surface area contributed by atoms with Crippen LogP contribution in [0.25, 0.3) is 11.4 Å². The monoisotopic (exact) mass is 176 g/mol. The number of hydrogen-bond acceptors (Lipinski definition) is 5. The topological polar surface area (TPSA) is 88.9 Å². The first-order valence-electron chi connectivity index (χ1n) is 3.45. The Kier molecular flexibility index (Phi) is 1.59. The predicted octanol–water partition coefficient (Wildman–Crippen LogP) is 0.0696. The van der Waals surface area contributed by atoms with Gasteiger partial charge in [0.2, 0.25) is 0 Å². The molecule has 0 atom stereocenters. The Bertz CT molecular complexity index is 431. The number of carbonyl (C=O) groups is 1. The van der Waals surface area contributed by atoms with Crippen LogP contribution in [0, 0.1) is 0 Å². The second kappa shape index (κ2) is 2.74. The lowest BCUT2D eigenvalue weighted by Gasteiger charge is -1.87. The third kappa shape index (κ3) is 1.18. The van der Waals surface area contributed by atoms with Gasteiger partial charge in [-0.1, -0.05) is 0 Å². The normalized spacial score (nSPS) is 10.2. The van der Waals surface area contributed by atoms with Crippen LogP contribution < -0.4 is 0 Å². The van der Waals surface area contributed by atoms with Gasteiger partial charge in [0.05, 0.1) is 5.56 Å². The molecule has 6 heteroatoms. The van der Waals surface area contributed by atoms with E-state index in [0.29, 0.717) is 5.56 Å². The molecule has 0 unspecified atom stereocenters. The molecule has 0 aliphatic carbocycles. The third-order valence-corrected chi connectivity index (χ3v) is 1.50. The van der Waals surface area contributed by atoms with Gasteiger partial charge in [0.1, 0.15) is 0 Å². The van der Waals surface area contributed by atoms with E-state index in [2.05, 4.69) is 20.2 Å². The molecule has 6 nitrogen and oxygen atoms in total. The van der Waals surface area contributed by atoms with Gasteiger partial charge in [0.25, 0.3) is 0 Å². The summed E-state index contributed by atoms with van der Waals surface area (Å²) < 4.78 is 0. The first-order chi connectivity index (χ1) is 6.29. The fourth-order valence-electron chi connectivity index (χ4n) is 0.943. The quantitative estimate of drug-likeness (QED) is 0.661. The molecule has 0 aromatic heterocycles. The molecule has 2 rings (SSSR count). The summed E-state index contributed by atoms with van der Waals surface area (Å²) in [6.07, 6.45) is 4.27. The summed E-state index contributed by atoms with van der Waals surface area (Å²) in [4.78, 5) is 18.3. The van der Waals surface area contributed by atoms with Crippen molar-refractivity contribution in [2.45, 2.75) is 0 Å². The SMILES string of the molecule is O=C(O)c1nnc2nccncc1-2. The summed E-state index contributed by atoms with van der Waals surface area (Å²) in [6, 6.07) is 0. The van der Waals surface area contributed by atoms with Gasteiger partial charge >= 0.3 is 5.97 Å². The van der Waals surface area contributed by atoms with Crippen molar-refractivity contribution in [3.05, 3.63) is 24.3 Å². The molecule has 1 N–H and O–H groups in total. The van der Waals surface area contributed by atoms with E-state index in [-0.39, 0.29) is 11.5 Å². The first kappa shape index (κ1) is 7.53. The Morgan fingerprint density at radius 3 is 2.92 bits per heavy atom. The Labute approximate surface area is 72.6 Å². The molecule has 0 saturated carbocycles. The molecule has 0 fully saturated rings. The van der Waals surface area contributed by atoms with Gasteiger partial charge in [-0.15, -0.1) is 10.2 Å². The average Bonchev–Trinajstić information content (AvgIpc) is 2.36. The number of carboxylic acid groups (broad SMARTS) is 1. The third-order valence-electron chi connectivity index (χ3n) is 1.50. The summed E-state index contributed by atoms with van der Waals surface area (Å²) in [5.74, 6) is -0.841. The van der Waals surface area contributed by atoms with Gasteiger partial charge in [0.15, 0.2) is 11.5 Å². The highest BCUT2D eigenvalue weighted by Crippen LogP contribution is 2.17. The Hall–Kier alpha value is -2.11. The van der Waals surface area contributed by atoms with Crippen LogP contribution in [0.4, 0.5) is 0 Å². The smallest absolute Gasteiger partial charge is 0.357 e. The number of carboxylic acids is 1. The van der Waals surface area contributed by atoms with Gasteiger partial charge < -0.3 is 5.11 Å². The second-order valence-electron chi connectivity index (χ2n) is 2.30. The fraction of sp³-hybridized carbons (Fsp3) is 0. The number of nitrogens with zero attached hydrogens (tertiary/aromatic N) is 4. The highest BCUT2D eigenvalue weighted by molar-refractivity contribution is 5.92. The van der Waals surface area contributed by atoms with Crippen molar-refractivity contribution in [3.63, 3.8) is 0 Å². The summed E-state index contributed by atoms with van der Waals surface area (Å²) in [6.45, 7) is 0. The summed E-state index contributed by atoms with van der Waals surface area (Å²) in [7, 11) is 0. The minimum atomic E-state index is -1.13. The highest BCUT2D eigenvalue weighted by atomic mass is 16.4. The zero-order chi connectivity index (χ0) is 9.26. The van der Waals surface area contributed by atoms with E-state index in [0.717, 1.165) is 0 Å². The number of fused-ring (bicyclic) bond motifs is 1. The van der Waals surface area contributed by atoms with Crippen LogP contribution in [0.5, 0.6) is 0 Å². The molecule has 0 bridgehead atoms. The molecule has 64 valence electrons. The molecule has 0 spiro atoms. The Morgan fingerprint density at radius 1 is 1.31 bits per heavy atom. The highest BCUT2D eigenvalue weighted by Gasteiger charge is 2.18. The van der Waals surface area contributed by atoms with E-state index >= 15 is 0 Å². The van der Waals surface area contributed by atoms with Crippen LogP contribution in [-0.2, 0) is 0 Å². The molecule has 0 aromatic carbocycles. The molecule has 2 aliphatic heterocycles. The molecule has 0 aromatic rings. The van der Waals surface area contributed by atoms with Crippen molar-refractivity contribution in [3.8, 4) is 11.4 Å². The molecule has 0 radical (unpaired) electrons. The van der Waals surface area contributed by atoms with Crippen LogP contribution in [-0.4, -0.2) is 31.2 Å². The number of aromatic nitrogens is 4. The second-order valence-corrected chi connectivity index (χ2v) is 2.30. The van der Waals surface area contributed by atoms with Crippen molar-refractivity contribution >= 4 is 5.97 Å². The van der Waals surface area contributed by atoms with E-state index in [9.17, 15) is 4.79 Å². The van der Waals surface area contributed by atoms with Crippen LogP contribution >= 0.6 is 0 Å². The Morgan fingerprint density at radius 2 is 2.15 bits per heavy atom. The number of hydrogen-bond donors (Lipinski definition) is 1. The maximum atomic E-state index is 10.6. The van der Waals surface area contributed by atoms with E-state index < -0.39 is 5.97 Å². The van der Waals surface area contributed by atoms with Crippen molar-refractivity contribution in [2.24, 2.45) is 0 Å². The minimum Gasteiger partial charge on any atom is -0.476 e. The van der Waals surface area contributed by atoms with Gasteiger partial charge in [-0.25, -0.2) is 9.78 Å². The molecular weight excluding hydrogens is 172 g/mol. The van der Waals surface area contributed by atoms with E-state index in [1.54, 1.807) is 0 Å². The molecule has 0 amide bonds. The van der Waals surface area contributed by atoms with E-state index in [1.165, 1.54) is 18.6 Å². The number of rotatable bonds is 1. The Balaban J connectivity index is 2.68. The zero-order valence-corrected chi connectivity index (χ0v) is 6.38. The lowest BCUT2D eigenvalue weighted by Crippen LogP contribution is -1.97. The summed E-state index contributed by atoms with van der Waals surface area (Å²) in [5, 5.41) is 15.8. The maximum absolute atomic E-state index is 10.6. The summed E-state index contributed by atoms with van der Waals surface area (Å²) in [5.41, 5.74) is 0.226. The average molecular weight is 176 g/mol. The standard InChI is InChI=1S/C7H4N4O2/c12-7(13)5-4-3-8-1-2-9-6(4)11-10-5/h1-3H,(H,12,13). The lowest BCUT2D eigenvalue weighted by molar-refractivity contribution is 0.0691. The van der Waals surface area contributed by atoms with Crippen molar-refractivity contribution < 1.29 is 9.90 Å². The summed E-state index contributed by atoms with van der Waals surface area (Å²) >= 11 is 0. The molecular formula is C7H4N4O2. The minimum absolute atomic E-state index is 0.119. The largest absolute Gasteiger partial charge is 0.476 e. The molecule has 13 heavy (non-hydrogen) atoms. The maximum Gasteiger partial charge on any atom is 0.357 e. The van der Waals surface area contributed by atoms with Crippen molar-refractivity contribution in [1.29, 1.82) is 0 Å².